The van der Waals surface area contributed by atoms with Crippen molar-refractivity contribution in [3.63, 3.8) is 0 Å². The number of benzene rings is 1. The second-order valence-corrected chi connectivity index (χ2v) is 7.79. The third kappa shape index (κ3) is 3.27. The number of rotatable bonds is 4. The molecule has 1 aliphatic rings. The molecule has 3 aromatic rings. The zero-order chi connectivity index (χ0) is 18.1. The Balaban J connectivity index is 1.84. The van der Waals surface area contributed by atoms with Crippen LogP contribution in [0, 0.1) is 0 Å². The fraction of sp³-hybridized carbons (Fsp3) is 0.105. The topological polar surface area (TPSA) is 78.1 Å². The van der Waals surface area contributed by atoms with Gasteiger partial charge in [0.1, 0.15) is 6.61 Å². The van der Waals surface area contributed by atoms with Crippen molar-refractivity contribution >= 4 is 43.3 Å². The normalized spacial score (nSPS) is 13.5. The second-order valence-electron chi connectivity index (χ2n) is 5.83. The van der Waals surface area contributed by atoms with Crippen molar-refractivity contribution in [1.29, 1.82) is 0 Å². The van der Waals surface area contributed by atoms with Crippen molar-refractivity contribution in [2.75, 3.05) is 6.61 Å². The summed E-state index contributed by atoms with van der Waals surface area (Å²) in [5.74, 6) is -0.571. The van der Waals surface area contributed by atoms with Gasteiger partial charge in [0, 0.05) is 21.2 Å². The van der Waals surface area contributed by atoms with E-state index in [1.807, 2.05) is 42.5 Å². The molecule has 0 fully saturated rings. The summed E-state index contributed by atoms with van der Waals surface area (Å²) in [7, 11) is 0. The molecule has 0 aliphatic carbocycles. The highest BCUT2D eigenvalue weighted by atomic mass is 79.9. The number of aromatic nitrogens is 2. The summed E-state index contributed by atoms with van der Waals surface area (Å²) in [5.41, 5.74) is 8.58. The summed E-state index contributed by atoms with van der Waals surface area (Å²) in [6.45, 7) is 0.581. The fourth-order valence-corrected chi connectivity index (χ4v) is 4.22. The van der Waals surface area contributed by atoms with Crippen molar-refractivity contribution in [3.8, 4) is 10.4 Å². The van der Waals surface area contributed by atoms with Crippen LogP contribution in [0.15, 0.2) is 58.8 Å². The van der Waals surface area contributed by atoms with Crippen LogP contribution < -0.4 is 5.73 Å². The molecule has 0 radical (unpaired) electrons. The van der Waals surface area contributed by atoms with Crippen LogP contribution in [0.25, 0.3) is 20.5 Å². The van der Waals surface area contributed by atoms with Crippen LogP contribution in [-0.4, -0.2) is 22.7 Å². The molecular weight excluding hydrogens is 414 g/mol. The first-order chi connectivity index (χ1) is 12.6. The molecule has 0 atom stereocenters. The van der Waals surface area contributed by atoms with E-state index in [0.29, 0.717) is 13.0 Å². The second kappa shape index (κ2) is 7.01. The smallest absolute Gasteiger partial charge is 0.270 e. The molecule has 0 bridgehead atoms. The molecule has 3 heterocycles. The molecule has 2 aromatic heterocycles. The Labute approximate surface area is 162 Å². The van der Waals surface area contributed by atoms with Crippen LogP contribution in [0.4, 0.5) is 0 Å². The van der Waals surface area contributed by atoms with E-state index in [-0.39, 0.29) is 5.69 Å². The van der Waals surface area contributed by atoms with Gasteiger partial charge in [-0.1, -0.05) is 34.1 Å². The van der Waals surface area contributed by atoms with Gasteiger partial charge >= 0.3 is 0 Å². The molecule has 1 aliphatic heterocycles. The molecule has 26 heavy (non-hydrogen) atoms. The van der Waals surface area contributed by atoms with Gasteiger partial charge in [-0.05, 0) is 35.4 Å². The van der Waals surface area contributed by atoms with Crippen LogP contribution in [0.3, 0.4) is 0 Å². The van der Waals surface area contributed by atoms with Crippen LogP contribution in [0.1, 0.15) is 16.2 Å². The number of nitrogens with two attached hydrogens (primary N) is 1. The first kappa shape index (κ1) is 16.9. The van der Waals surface area contributed by atoms with E-state index in [0.717, 1.165) is 36.3 Å². The third-order valence-corrected chi connectivity index (χ3v) is 5.74. The Morgan fingerprint density at radius 3 is 2.77 bits per heavy atom. The molecule has 2 N–H and O–H groups in total. The molecule has 5 nitrogen and oxygen atoms in total. The highest BCUT2D eigenvalue weighted by Crippen LogP contribution is 2.37. The van der Waals surface area contributed by atoms with Crippen molar-refractivity contribution in [3.05, 3.63) is 70.2 Å². The number of halogens is 1. The molecule has 4 rings (SSSR count). The predicted octanol–water partition coefficient (Wildman–Crippen LogP) is 4.23. The van der Waals surface area contributed by atoms with Gasteiger partial charge in [-0.3, -0.25) is 4.79 Å². The Morgan fingerprint density at radius 2 is 2.08 bits per heavy atom. The fourth-order valence-electron chi connectivity index (χ4n) is 2.78. The Hall–Kier alpha value is -2.51. The molecular formula is C19H14BrN3O2S. The molecule has 1 aromatic carbocycles. The number of hydrogen-bond donors (Lipinski definition) is 1. The van der Waals surface area contributed by atoms with Gasteiger partial charge in [-0.2, -0.15) is 5.10 Å². The van der Waals surface area contributed by atoms with Gasteiger partial charge < -0.3 is 10.5 Å². The van der Waals surface area contributed by atoms with E-state index in [4.69, 9.17) is 10.5 Å². The van der Waals surface area contributed by atoms with E-state index < -0.39 is 5.91 Å². The quantitative estimate of drug-likeness (QED) is 0.675. The average molecular weight is 428 g/mol. The number of hydrogen-bond acceptors (Lipinski definition) is 5. The van der Waals surface area contributed by atoms with Crippen molar-refractivity contribution in [2.45, 2.75) is 6.42 Å². The van der Waals surface area contributed by atoms with E-state index in [1.165, 1.54) is 11.3 Å². The van der Waals surface area contributed by atoms with Crippen molar-refractivity contribution in [1.82, 2.24) is 10.2 Å². The summed E-state index contributed by atoms with van der Waals surface area (Å²) in [6, 6.07) is 10.1. The molecule has 0 saturated heterocycles. The number of fused-ring (bicyclic) bond motifs is 1. The van der Waals surface area contributed by atoms with Crippen LogP contribution in [0.2, 0.25) is 0 Å². The number of primary amides is 1. The Morgan fingerprint density at radius 1 is 1.27 bits per heavy atom. The van der Waals surface area contributed by atoms with Crippen LogP contribution in [-0.2, 0) is 11.2 Å². The van der Waals surface area contributed by atoms with Gasteiger partial charge in [-0.15, -0.1) is 16.4 Å². The number of thiophene rings is 1. The lowest BCUT2D eigenvalue weighted by Gasteiger charge is -2.08. The Kier molecular flexibility index (Phi) is 4.57. The summed E-state index contributed by atoms with van der Waals surface area (Å²) >= 11 is 4.95. The zero-order valence-corrected chi connectivity index (χ0v) is 16.0. The van der Waals surface area contributed by atoms with Crippen LogP contribution >= 0.6 is 27.3 Å². The maximum Gasteiger partial charge on any atom is 0.270 e. The highest BCUT2D eigenvalue weighted by Gasteiger charge is 2.18. The van der Waals surface area contributed by atoms with Gasteiger partial charge in [0.25, 0.3) is 5.91 Å². The standard InChI is InChI=1S/C19H14BrN3O2S/c20-13-5-3-12(4-6-13)16-9-14-15(8-11-2-1-7-25-10-11)22-23-17(19(21)24)18(14)26-16/h1-6,9-10H,7-8H2,(H2,21,24). The molecule has 7 heteroatoms. The van der Waals surface area contributed by atoms with Crippen molar-refractivity contribution < 1.29 is 9.53 Å². The van der Waals surface area contributed by atoms with Gasteiger partial charge in [0.05, 0.1) is 16.7 Å². The predicted molar refractivity (Wildman–Crippen MR) is 106 cm³/mol. The lowest BCUT2D eigenvalue weighted by molar-refractivity contribution is 0.0996. The number of carbonyl (C=O) groups is 1. The minimum Gasteiger partial charge on any atom is -0.497 e. The average Bonchev–Trinajstić information content (AvgIpc) is 3.09. The Bertz CT molecular complexity index is 1050. The summed E-state index contributed by atoms with van der Waals surface area (Å²) < 4.78 is 7.12. The largest absolute Gasteiger partial charge is 0.497 e. The number of carbonyl (C=O) groups excluding carboxylic acids is 1. The molecule has 0 saturated carbocycles. The van der Waals surface area contributed by atoms with E-state index in [2.05, 4.69) is 26.1 Å². The third-order valence-electron chi connectivity index (χ3n) is 4.02. The monoisotopic (exact) mass is 427 g/mol. The lowest BCUT2D eigenvalue weighted by Crippen LogP contribution is -2.14. The van der Waals surface area contributed by atoms with Gasteiger partial charge in [0.15, 0.2) is 5.69 Å². The molecule has 0 spiro atoms. The summed E-state index contributed by atoms with van der Waals surface area (Å²) in [6.07, 6.45) is 6.28. The highest BCUT2D eigenvalue weighted by molar-refractivity contribution is 9.10. The number of allylic oxidation sites excluding steroid dienone is 2. The number of amides is 1. The molecule has 0 unspecified atom stereocenters. The minimum absolute atomic E-state index is 0.210. The SMILES string of the molecule is NC(=O)c1nnc(CC2=COCC=C2)c2cc(-c3ccc(Br)cc3)sc12. The molecule has 130 valence electrons. The summed E-state index contributed by atoms with van der Waals surface area (Å²) in [5, 5.41) is 9.24. The van der Waals surface area contributed by atoms with Crippen molar-refractivity contribution in [2.24, 2.45) is 5.73 Å². The zero-order valence-electron chi connectivity index (χ0n) is 13.6. The maximum atomic E-state index is 11.8. The first-order valence-electron chi connectivity index (χ1n) is 7.94. The summed E-state index contributed by atoms with van der Waals surface area (Å²) in [4.78, 5) is 12.8. The maximum absolute atomic E-state index is 11.8. The first-order valence-corrected chi connectivity index (χ1v) is 9.55. The van der Waals surface area contributed by atoms with E-state index >= 15 is 0 Å². The minimum atomic E-state index is -0.571. The van der Waals surface area contributed by atoms with Gasteiger partial charge in [-0.25, -0.2) is 0 Å². The van der Waals surface area contributed by atoms with Crippen LogP contribution in [0.5, 0.6) is 0 Å². The lowest BCUT2D eigenvalue weighted by atomic mass is 10.1. The number of nitrogens with zero attached hydrogens (tertiary/aromatic N) is 2. The number of ether oxygens (including phenoxy) is 1. The van der Waals surface area contributed by atoms with E-state index in [1.54, 1.807) is 6.26 Å². The van der Waals surface area contributed by atoms with E-state index in [9.17, 15) is 4.79 Å². The van der Waals surface area contributed by atoms with Gasteiger partial charge in [0.2, 0.25) is 0 Å². The molecule has 1 amide bonds.